The van der Waals surface area contributed by atoms with Crippen molar-refractivity contribution < 1.29 is 19.8 Å². The van der Waals surface area contributed by atoms with E-state index in [0.29, 0.717) is 30.4 Å². The molecule has 0 aliphatic carbocycles. The van der Waals surface area contributed by atoms with E-state index in [1.807, 2.05) is 19.1 Å². The van der Waals surface area contributed by atoms with Crippen LogP contribution < -0.4 is 15.2 Å². The summed E-state index contributed by atoms with van der Waals surface area (Å²) in [5.41, 5.74) is 8.19. The van der Waals surface area contributed by atoms with Crippen molar-refractivity contribution in [2.45, 2.75) is 46.0 Å². The number of ether oxygens (including phenoxy) is 2. The van der Waals surface area contributed by atoms with Crippen LogP contribution in [-0.4, -0.2) is 34.3 Å². The highest BCUT2D eigenvalue weighted by atomic mass is 32.1. The van der Waals surface area contributed by atoms with Gasteiger partial charge in [0.25, 0.3) is 0 Å². The monoisotopic (exact) mass is 469 g/mol. The van der Waals surface area contributed by atoms with Crippen LogP contribution in [-0.2, 0) is 0 Å². The smallest absolute Gasteiger partial charge is 0.173 e. The number of oxime groups is 1. The zero-order chi connectivity index (χ0) is 23.8. The van der Waals surface area contributed by atoms with E-state index < -0.39 is 0 Å². The Morgan fingerprint density at radius 3 is 2.42 bits per heavy atom. The van der Waals surface area contributed by atoms with Crippen molar-refractivity contribution in [3.8, 4) is 28.5 Å². The Morgan fingerprint density at radius 2 is 1.76 bits per heavy atom. The number of aromatic nitrogens is 1. The summed E-state index contributed by atoms with van der Waals surface area (Å²) in [6.07, 6.45) is 2.67. The van der Waals surface area contributed by atoms with Gasteiger partial charge in [0.05, 0.1) is 29.5 Å². The molecular weight excluding hydrogens is 438 g/mol. The molecular formula is C25H31N3O4S. The number of aryl methyl sites for hydroxylation is 1. The second-order valence-electron chi connectivity index (χ2n) is 8.05. The van der Waals surface area contributed by atoms with Gasteiger partial charge in [0.15, 0.2) is 5.84 Å². The molecule has 2 aromatic carbocycles. The molecule has 8 heteroatoms. The third-order valence-corrected chi connectivity index (χ3v) is 6.35. The molecule has 0 atom stereocenters. The van der Waals surface area contributed by atoms with E-state index in [1.54, 1.807) is 17.4 Å². The minimum atomic E-state index is -0.106. The van der Waals surface area contributed by atoms with Crippen molar-refractivity contribution in [3.63, 3.8) is 0 Å². The van der Waals surface area contributed by atoms with Gasteiger partial charge in [-0.1, -0.05) is 19.0 Å². The Labute approximate surface area is 198 Å². The Hall–Kier alpha value is -3.26. The molecule has 7 nitrogen and oxygen atoms in total. The van der Waals surface area contributed by atoms with Crippen LogP contribution in [0.5, 0.6) is 17.2 Å². The first kappa shape index (κ1) is 24.4. The summed E-state index contributed by atoms with van der Waals surface area (Å²) >= 11 is 1.76. The largest absolute Gasteiger partial charge is 0.508 e. The fraction of sp³-hybridized carbons (Fsp3) is 0.360. The minimum absolute atomic E-state index is 0.0243. The van der Waals surface area contributed by atoms with Gasteiger partial charge >= 0.3 is 0 Å². The van der Waals surface area contributed by atoms with Crippen molar-refractivity contribution in [1.29, 1.82) is 0 Å². The van der Waals surface area contributed by atoms with E-state index in [1.165, 1.54) is 17.0 Å². The summed E-state index contributed by atoms with van der Waals surface area (Å²) in [7, 11) is 0. The lowest BCUT2D eigenvalue weighted by Gasteiger charge is -2.11. The average Bonchev–Trinajstić information content (AvgIpc) is 3.21. The number of unbranched alkanes of at least 4 members (excludes halogenated alkanes) is 2. The summed E-state index contributed by atoms with van der Waals surface area (Å²) < 4.78 is 11.6. The van der Waals surface area contributed by atoms with Crippen molar-refractivity contribution >= 4 is 17.2 Å². The molecule has 1 heterocycles. The van der Waals surface area contributed by atoms with E-state index >= 15 is 0 Å². The number of nitrogens with zero attached hydrogens (tertiary/aromatic N) is 2. The van der Waals surface area contributed by atoms with Crippen LogP contribution in [0.15, 0.2) is 47.6 Å². The topological polar surface area (TPSA) is 110 Å². The first-order chi connectivity index (χ1) is 15.9. The van der Waals surface area contributed by atoms with E-state index in [2.05, 4.69) is 31.1 Å². The average molecular weight is 470 g/mol. The van der Waals surface area contributed by atoms with E-state index in [0.717, 1.165) is 41.3 Å². The minimum Gasteiger partial charge on any atom is -0.508 e. The number of hydrogen-bond acceptors (Lipinski definition) is 7. The highest BCUT2D eigenvalue weighted by molar-refractivity contribution is 7.12. The van der Waals surface area contributed by atoms with E-state index in [9.17, 15) is 5.11 Å². The number of phenols is 1. The number of benzene rings is 2. The summed E-state index contributed by atoms with van der Waals surface area (Å²) in [5.74, 6) is 1.68. The lowest BCUT2D eigenvalue weighted by Crippen LogP contribution is -2.15. The Morgan fingerprint density at radius 1 is 1.06 bits per heavy atom. The predicted octanol–water partition coefficient (Wildman–Crippen LogP) is 5.67. The van der Waals surface area contributed by atoms with Crippen LogP contribution in [0.3, 0.4) is 0 Å². The molecule has 0 saturated carbocycles. The van der Waals surface area contributed by atoms with Crippen LogP contribution in [0.1, 0.15) is 54.5 Å². The van der Waals surface area contributed by atoms with Crippen LogP contribution in [0.4, 0.5) is 0 Å². The fourth-order valence-electron chi connectivity index (χ4n) is 3.40. The van der Waals surface area contributed by atoms with Gasteiger partial charge in [-0.3, -0.25) is 0 Å². The predicted molar refractivity (Wildman–Crippen MR) is 132 cm³/mol. The maximum absolute atomic E-state index is 9.59. The van der Waals surface area contributed by atoms with Gasteiger partial charge in [-0.15, -0.1) is 11.3 Å². The molecule has 0 amide bonds. The fourth-order valence-corrected chi connectivity index (χ4v) is 4.35. The zero-order valence-electron chi connectivity index (χ0n) is 19.2. The maximum atomic E-state index is 9.59. The number of phenolic OH excluding ortho intramolecular Hbond substituents is 1. The second-order valence-corrected chi connectivity index (χ2v) is 9.28. The van der Waals surface area contributed by atoms with Gasteiger partial charge < -0.3 is 25.5 Å². The van der Waals surface area contributed by atoms with Crippen molar-refractivity contribution in [3.05, 3.63) is 57.9 Å². The first-order valence-electron chi connectivity index (χ1n) is 11.0. The molecule has 0 bridgehead atoms. The number of aromatic hydroxyl groups is 1. The van der Waals surface area contributed by atoms with E-state index in [-0.39, 0.29) is 11.6 Å². The number of nitrogens with two attached hydrogens (primary N) is 1. The molecule has 33 heavy (non-hydrogen) atoms. The van der Waals surface area contributed by atoms with Gasteiger partial charge in [0, 0.05) is 10.4 Å². The lowest BCUT2D eigenvalue weighted by atomic mass is 10.1. The maximum Gasteiger partial charge on any atom is 0.173 e. The third kappa shape index (κ3) is 6.61. The number of rotatable bonds is 11. The number of hydrogen-bond donors (Lipinski definition) is 3. The zero-order valence-corrected chi connectivity index (χ0v) is 20.1. The van der Waals surface area contributed by atoms with Crippen molar-refractivity contribution in [2.24, 2.45) is 10.9 Å². The quantitative estimate of drug-likeness (QED) is 0.110. The van der Waals surface area contributed by atoms with Gasteiger partial charge in [0.1, 0.15) is 17.2 Å². The normalized spacial score (nSPS) is 11.7. The van der Waals surface area contributed by atoms with Gasteiger partial charge in [-0.2, -0.15) is 0 Å². The standard InChI is InChI=1S/C25H31N3O4S/c1-16(2)24-23(27-17(3)33-24)18-7-10-20(11-8-18)31-13-5-4-6-14-32-22-12-9-19(29)15-21(22)25(26)28-30/h7-12,15-16,29-30H,4-6,13-14H2,1-3H3,(H2,26,28). The Bertz CT molecular complexity index is 1080. The molecule has 0 spiro atoms. The number of amidine groups is 1. The van der Waals surface area contributed by atoms with Gasteiger partial charge in [0.2, 0.25) is 0 Å². The molecule has 0 aliphatic heterocycles. The Balaban J connectivity index is 1.41. The molecule has 0 aliphatic rings. The number of thiazole rings is 1. The summed E-state index contributed by atoms with van der Waals surface area (Å²) in [5, 5.41) is 22.5. The first-order valence-corrected chi connectivity index (χ1v) is 11.8. The van der Waals surface area contributed by atoms with Crippen molar-refractivity contribution in [1.82, 2.24) is 4.98 Å². The van der Waals surface area contributed by atoms with Gasteiger partial charge in [-0.25, -0.2) is 4.98 Å². The molecule has 0 radical (unpaired) electrons. The third-order valence-electron chi connectivity index (χ3n) is 5.07. The van der Waals surface area contributed by atoms with Crippen LogP contribution in [0.2, 0.25) is 0 Å². The molecule has 3 rings (SSSR count). The highest BCUT2D eigenvalue weighted by Gasteiger charge is 2.14. The molecule has 0 unspecified atom stereocenters. The Kier molecular flexibility index (Phi) is 8.54. The summed E-state index contributed by atoms with van der Waals surface area (Å²) in [4.78, 5) is 6.02. The summed E-state index contributed by atoms with van der Waals surface area (Å²) in [6.45, 7) is 7.55. The molecule has 176 valence electrons. The van der Waals surface area contributed by atoms with Gasteiger partial charge in [-0.05, 0) is 74.6 Å². The van der Waals surface area contributed by atoms with Crippen LogP contribution in [0, 0.1) is 6.92 Å². The SMILES string of the molecule is Cc1nc(-c2ccc(OCCCCCOc3ccc(O)cc3C(N)=NO)cc2)c(C(C)C)s1. The molecule has 0 fully saturated rings. The highest BCUT2D eigenvalue weighted by Crippen LogP contribution is 2.34. The van der Waals surface area contributed by atoms with Crippen LogP contribution >= 0.6 is 11.3 Å². The molecule has 4 N–H and O–H groups in total. The summed E-state index contributed by atoms with van der Waals surface area (Å²) in [6, 6.07) is 12.6. The second kappa shape index (κ2) is 11.6. The lowest BCUT2D eigenvalue weighted by molar-refractivity contribution is 0.278. The molecule has 0 saturated heterocycles. The van der Waals surface area contributed by atoms with Crippen LogP contribution in [0.25, 0.3) is 11.3 Å². The molecule has 3 aromatic rings. The molecule has 1 aromatic heterocycles. The van der Waals surface area contributed by atoms with E-state index in [4.69, 9.17) is 25.4 Å². The van der Waals surface area contributed by atoms with Crippen molar-refractivity contribution in [2.75, 3.05) is 13.2 Å².